The first kappa shape index (κ1) is 23.4. The summed E-state index contributed by atoms with van der Waals surface area (Å²) in [5, 5.41) is 13.3. The van der Waals surface area contributed by atoms with E-state index in [1.165, 1.54) is 0 Å². The topological polar surface area (TPSA) is 82.5 Å². The van der Waals surface area contributed by atoms with E-state index in [-0.39, 0.29) is 0 Å². The maximum Gasteiger partial charge on any atom is 0.278 e. The van der Waals surface area contributed by atoms with E-state index in [4.69, 9.17) is 0 Å². The van der Waals surface area contributed by atoms with Crippen molar-refractivity contribution in [2.24, 2.45) is 0 Å². The van der Waals surface area contributed by atoms with Crippen LogP contribution in [0.2, 0.25) is 0 Å². The number of carbonyl (C=O) groups is 2. The molecular weight excluding hydrogens is 402 g/mol. The second kappa shape index (κ2) is 10.9. The molecule has 2 aromatic carbocycles. The zero-order valence-electron chi connectivity index (χ0n) is 18.8. The second-order valence-corrected chi connectivity index (χ2v) is 8.05. The molecule has 1 heterocycles. The number of nitrogens with one attached hydrogen (secondary N) is 1. The normalized spacial score (nSPS) is 11.3. The van der Waals surface area contributed by atoms with Gasteiger partial charge in [0.15, 0.2) is 5.82 Å². The van der Waals surface area contributed by atoms with Crippen molar-refractivity contribution in [3.63, 3.8) is 0 Å². The number of hydrogen-bond acceptors (Lipinski definition) is 4. The lowest BCUT2D eigenvalue weighted by Crippen LogP contribution is -2.55. The van der Waals surface area contributed by atoms with Crippen LogP contribution in [-0.2, 0) is 4.79 Å². The van der Waals surface area contributed by atoms with Gasteiger partial charge < -0.3 is 5.11 Å². The minimum atomic E-state index is -1.54. The van der Waals surface area contributed by atoms with Crippen LogP contribution in [0, 0.1) is 0 Å². The molecule has 3 rings (SSSR count). The first-order valence-corrected chi connectivity index (χ1v) is 11.3. The lowest BCUT2D eigenvalue weighted by Gasteiger charge is -2.31. The Morgan fingerprint density at radius 1 is 0.906 bits per heavy atom. The molecule has 168 valence electrons. The summed E-state index contributed by atoms with van der Waals surface area (Å²) in [6.45, 7) is 4.03. The van der Waals surface area contributed by atoms with Gasteiger partial charge in [-0.2, -0.15) is 5.01 Å². The Hall–Kier alpha value is -3.25. The van der Waals surface area contributed by atoms with Crippen LogP contribution in [0.5, 0.6) is 0 Å². The number of aromatic nitrogens is 1. The Bertz CT molecular complexity index is 1040. The largest absolute Gasteiger partial charge is 0.380 e. The van der Waals surface area contributed by atoms with E-state index in [9.17, 15) is 14.7 Å². The van der Waals surface area contributed by atoms with Crippen molar-refractivity contribution in [1.82, 2.24) is 10.4 Å². The molecule has 0 saturated heterocycles. The summed E-state index contributed by atoms with van der Waals surface area (Å²) in [4.78, 5) is 31.2. The zero-order valence-corrected chi connectivity index (χ0v) is 18.8. The molecule has 0 fully saturated rings. The summed E-state index contributed by atoms with van der Waals surface area (Å²) in [5.74, 6) is -0.715. The highest BCUT2D eigenvalue weighted by molar-refractivity contribution is 6.07. The fraction of sp³-hybridized carbons (Fsp3) is 0.346. The quantitative estimate of drug-likeness (QED) is 0.464. The number of hydrazine groups is 1. The third-order valence-corrected chi connectivity index (χ3v) is 5.56. The second-order valence-electron chi connectivity index (χ2n) is 8.05. The Balaban J connectivity index is 1.97. The van der Waals surface area contributed by atoms with Crippen molar-refractivity contribution >= 4 is 28.5 Å². The molecule has 32 heavy (non-hydrogen) atoms. The van der Waals surface area contributed by atoms with E-state index in [0.29, 0.717) is 42.6 Å². The molecule has 2 N–H and O–H groups in total. The van der Waals surface area contributed by atoms with E-state index < -0.39 is 17.4 Å². The molecule has 0 aliphatic carbocycles. The van der Waals surface area contributed by atoms with Crippen LogP contribution in [-0.4, -0.2) is 27.5 Å². The molecule has 0 radical (unpaired) electrons. The molecule has 0 bridgehead atoms. The summed E-state index contributed by atoms with van der Waals surface area (Å²) in [7, 11) is 0. The van der Waals surface area contributed by atoms with Crippen LogP contribution in [0.3, 0.4) is 0 Å². The van der Waals surface area contributed by atoms with Gasteiger partial charge in [0, 0.05) is 10.9 Å². The van der Waals surface area contributed by atoms with Crippen LogP contribution in [0.1, 0.15) is 62.7 Å². The predicted molar refractivity (Wildman–Crippen MR) is 127 cm³/mol. The minimum Gasteiger partial charge on any atom is -0.380 e. The summed E-state index contributed by atoms with van der Waals surface area (Å²) in [5.41, 5.74) is 2.26. The Labute approximate surface area is 189 Å². The maximum absolute atomic E-state index is 13.4. The molecule has 0 saturated carbocycles. The summed E-state index contributed by atoms with van der Waals surface area (Å²) >= 11 is 0. The van der Waals surface area contributed by atoms with E-state index >= 15 is 0 Å². The average Bonchev–Trinajstić information content (AvgIpc) is 2.84. The molecular formula is C26H31N3O3. The van der Waals surface area contributed by atoms with Gasteiger partial charge in [-0.25, -0.2) is 4.98 Å². The number of pyridine rings is 1. The van der Waals surface area contributed by atoms with Gasteiger partial charge in [-0.15, -0.1) is 0 Å². The number of fused-ring (bicyclic) bond motifs is 1. The number of aliphatic hydroxyl groups is 1. The number of para-hydroxylation sites is 1. The number of carbonyl (C=O) groups excluding carboxylic acids is 2. The predicted octanol–water partition coefficient (Wildman–Crippen LogP) is 5.02. The van der Waals surface area contributed by atoms with Gasteiger partial charge in [-0.3, -0.25) is 15.0 Å². The highest BCUT2D eigenvalue weighted by Crippen LogP contribution is 2.24. The number of unbranched alkanes of at least 4 members (excludes halogenated alkanes) is 2. The first-order chi connectivity index (χ1) is 15.5. The molecule has 0 atom stereocenters. The molecule has 0 spiro atoms. The average molecular weight is 434 g/mol. The molecule has 1 aromatic heterocycles. The molecule has 6 nitrogen and oxygen atoms in total. The van der Waals surface area contributed by atoms with Crippen LogP contribution >= 0.6 is 0 Å². The van der Waals surface area contributed by atoms with E-state index in [1.54, 1.807) is 30.3 Å². The van der Waals surface area contributed by atoms with Crippen molar-refractivity contribution in [3.05, 3.63) is 72.3 Å². The first-order valence-electron chi connectivity index (χ1n) is 11.3. The summed E-state index contributed by atoms with van der Waals surface area (Å²) < 4.78 is 0. The standard InChI is InChI=1S/C26H31N3O3/c1-3-5-18-26(32,19-6-4-2)25(31)28-29(24(30)21-13-8-7-9-14-21)23-17-16-20-12-10-11-15-22(20)27-23/h7-17,32H,3-6,18-19H2,1-2H3,(H,28,31). The number of benzene rings is 2. The fourth-order valence-electron chi connectivity index (χ4n) is 3.60. The summed E-state index contributed by atoms with van der Waals surface area (Å²) in [6.07, 6.45) is 3.84. The van der Waals surface area contributed by atoms with Gasteiger partial charge in [0.2, 0.25) is 0 Å². The number of rotatable bonds is 9. The highest BCUT2D eigenvalue weighted by atomic mass is 16.3. The maximum atomic E-state index is 13.4. The smallest absolute Gasteiger partial charge is 0.278 e. The minimum absolute atomic E-state index is 0.291. The fourth-order valence-corrected chi connectivity index (χ4v) is 3.60. The number of hydrogen-bond donors (Lipinski definition) is 2. The molecule has 0 aliphatic rings. The van der Waals surface area contributed by atoms with Gasteiger partial charge >= 0.3 is 0 Å². The number of anilines is 1. The monoisotopic (exact) mass is 433 g/mol. The molecule has 2 amide bonds. The van der Waals surface area contributed by atoms with Gasteiger partial charge in [0.05, 0.1) is 5.52 Å². The molecule has 6 heteroatoms. The zero-order chi connectivity index (χ0) is 23.0. The van der Waals surface area contributed by atoms with Gasteiger partial charge in [0.1, 0.15) is 5.60 Å². The third-order valence-electron chi connectivity index (χ3n) is 5.56. The lowest BCUT2D eigenvalue weighted by atomic mass is 9.90. The third kappa shape index (κ3) is 5.51. The van der Waals surface area contributed by atoms with E-state index in [0.717, 1.165) is 23.2 Å². The Morgan fingerprint density at radius 2 is 1.53 bits per heavy atom. The summed E-state index contributed by atoms with van der Waals surface area (Å²) in [6, 6.07) is 19.8. The van der Waals surface area contributed by atoms with Crippen LogP contribution in [0.4, 0.5) is 5.82 Å². The molecule has 3 aromatic rings. The van der Waals surface area contributed by atoms with Crippen molar-refractivity contribution in [2.45, 2.75) is 58.0 Å². The van der Waals surface area contributed by atoms with Gasteiger partial charge in [-0.05, 0) is 43.2 Å². The molecule has 0 aliphatic heterocycles. The van der Waals surface area contributed by atoms with Crippen molar-refractivity contribution in [1.29, 1.82) is 0 Å². The van der Waals surface area contributed by atoms with E-state index in [2.05, 4.69) is 10.4 Å². The lowest BCUT2D eigenvalue weighted by molar-refractivity contribution is -0.141. The van der Waals surface area contributed by atoms with Gasteiger partial charge in [-0.1, -0.05) is 75.9 Å². The SMILES string of the molecule is CCCCC(O)(CCCC)C(=O)NN(C(=O)c1ccccc1)c1ccc2ccccc2n1. The van der Waals surface area contributed by atoms with Crippen molar-refractivity contribution < 1.29 is 14.7 Å². The molecule has 0 unspecified atom stereocenters. The Kier molecular flexibility index (Phi) is 7.95. The van der Waals surface area contributed by atoms with Crippen molar-refractivity contribution in [2.75, 3.05) is 5.01 Å². The highest BCUT2D eigenvalue weighted by Gasteiger charge is 2.37. The Morgan fingerprint density at radius 3 is 2.19 bits per heavy atom. The number of amides is 2. The van der Waals surface area contributed by atoms with Crippen LogP contribution in [0.15, 0.2) is 66.7 Å². The van der Waals surface area contributed by atoms with Crippen molar-refractivity contribution in [3.8, 4) is 0 Å². The van der Waals surface area contributed by atoms with E-state index in [1.807, 2.05) is 50.2 Å². The number of nitrogens with zero attached hydrogens (tertiary/aromatic N) is 2. The van der Waals surface area contributed by atoms with Gasteiger partial charge in [0.25, 0.3) is 11.8 Å². The van der Waals surface area contributed by atoms with Crippen LogP contribution in [0.25, 0.3) is 10.9 Å². The van der Waals surface area contributed by atoms with Crippen LogP contribution < -0.4 is 10.4 Å².